The second kappa shape index (κ2) is 6.24. The molecule has 3 rings (SSSR count). The van der Waals surface area contributed by atoms with Crippen LogP contribution in [0.5, 0.6) is 0 Å². The van der Waals surface area contributed by atoms with Gasteiger partial charge in [0.1, 0.15) is 0 Å². The lowest BCUT2D eigenvalue weighted by Gasteiger charge is -2.03. The summed E-state index contributed by atoms with van der Waals surface area (Å²) in [5.41, 5.74) is 0.906. The van der Waals surface area contributed by atoms with E-state index >= 15 is 0 Å². The lowest BCUT2D eigenvalue weighted by atomic mass is 10.3. The molecule has 0 spiro atoms. The number of thiazole rings is 1. The summed E-state index contributed by atoms with van der Waals surface area (Å²) in [6.07, 6.45) is 1.03. The lowest BCUT2D eigenvalue weighted by Crippen LogP contribution is -2.27. The first-order valence-corrected chi connectivity index (χ1v) is 8.36. The molecule has 2 N–H and O–H groups in total. The van der Waals surface area contributed by atoms with Crippen LogP contribution >= 0.6 is 22.7 Å². The number of hydrogen-bond acceptors (Lipinski definition) is 4. The van der Waals surface area contributed by atoms with Crippen LogP contribution in [0.25, 0.3) is 10.2 Å². The molecule has 0 radical (unpaired) electrons. The van der Waals surface area contributed by atoms with Crippen LogP contribution in [0, 0.1) is 0 Å². The molecule has 0 atom stereocenters. The molecule has 108 valence electrons. The Labute approximate surface area is 130 Å². The number of amides is 2. The Balaban J connectivity index is 1.58. The summed E-state index contributed by atoms with van der Waals surface area (Å²) in [6, 6.07) is 11.8. The largest absolute Gasteiger partial charge is 0.333 e. The monoisotopic (exact) mass is 317 g/mol. The molecule has 4 nitrogen and oxygen atoms in total. The SMILES string of the molecule is CCc1ccc(CNC(=O)Nc2nc3ccccc3s2)s1. The molecule has 2 amide bonds. The van der Waals surface area contributed by atoms with E-state index in [0.29, 0.717) is 11.7 Å². The van der Waals surface area contributed by atoms with Crippen LogP contribution in [0.1, 0.15) is 16.7 Å². The smallest absolute Gasteiger partial charge is 0.321 e. The standard InChI is InChI=1S/C15H15N3OS2/c1-2-10-7-8-11(20-10)9-16-14(19)18-15-17-12-5-3-4-6-13(12)21-15/h3-8H,2,9H2,1H3,(H2,16,17,18,19). The molecule has 0 unspecified atom stereocenters. The number of para-hydroxylation sites is 1. The Kier molecular flexibility index (Phi) is 4.17. The maximum atomic E-state index is 11.9. The van der Waals surface area contributed by atoms with E-state index in [-0.39, 0.29) is 6.03 Å². The molecule has 3 aromatic rings. The summed E-state index contributed by atoms with van der Waals surface area (Å²) in [5.74, 6) is 0. The van der Waals surface area contributed by atoms with E-state index in [4.69, 9.17) is 0 Å². The molecule has 6 heteroatoms. The van der Waals surface area contributed by atoms with Crippen molar-refractivity contribution in [2.75, 3.05) is 5.32 Å². The third-order valence-electron chi connectivity index (χ3n) is 3.00. The van der Waals surface area contributed by atoms with Crippen LogP contribution in [-0.2, 0) is 13.0 Å². The minimum absolute atomic E-state index is 0.222. The lowest BCUT2D eigenvalue weighted by molar-refractivity contribution is 0.252. The number of carbonyl (C=O) groups is 1. The average molecular weight is 317 g/mol. The number of aryl methyl sites for hydroxylation is 1. The molecule has 0 fully saturated rings. The van der Waals surface area contributed by atoms with Gasteiger partial charge in [-0.15, -0.1) is 11.3 Å². The summed E-state index contributed by atoms with van der Waals surface area (Å²) in [4.78, 5) is 18.8. The highest BCUT2D eigenvalue weighted by Gasteiger charge is 2.07. The van der Waals surface area contributed by atoms with Crippen molar-refractivity contribution in [3.05, 3.63) is 46.2 Å². The van der Waals surface area contributed by atoms with Gasteiger partial charge in [0.25, 0.3) is 0 Å². The maximum absolute atomic E-state index is 11.9. The van der Waals surface area contributed by atoms with Gasteiger partial charge in [0.05, 0.1) is 16.8 Å². The van der Waals surface area contributed by atoms with Crippen LogP contribution < -0.4 is 10.6 Å². The first-order valence-electron chi connectivity index (χ1n) is 6.72. The minimum Gasteiger partial charge on any atom is -0.333 e. The van der Waals surface area contributed by atoms with Gasteiger partial charge in [-0.1, -0.05) is 30.4 Å². The topological polar surface area (TPSA) is 54.0 Å². The highest BCUT2D eigenvalue weighted by molar-refractivity contribution is 7.22. The van der Waals surface area contributed by atoms with Crippen molar-refractivity contribution in [3.8, 4) is 0 Å². The number of benzene rings is 1. The van der Waals surface area contributed by atoms with Crippen LogP contribution in [0.2, 0.25) is 0 Å². The Morgan fingerprint density at radius 1 is 1.14 bits per heavy atom. The summed E-state index contributed by atoms with van der Waals surface area (Å²) >= 11 is 3.20. The zero-order chi connectivity index (χ0) is 14.7. The number of thiophene rings is 1. The van der Waals surface area contributed by atoms with Crippen molar-refractivity contribution in [1.29, 1.82) is 0 Å². The second-order valence-electron chi connectivity index (χ2n) is 4.52. The predicted octanol–water partition coefficient (Wildman–Crippen LogP) is 4.24. The fourth-order valence-corrected chi connectivity index (χ4v) is 3.70. The molecule has 0 bridgehead atoms. The summed E-state index contributed by atoms with van der Waals surface area (Å²) in [7, 11) is 0. The van der Waals surface area contributed by atoms with Gasteiger partial charge < -0.3 is 5.32 Å². The van der Waals surface area contributed by atoms with Gasteiger partial charge in [0.15, 0.2) is 5.13 Å². The highest BCUT2D eigenvalue weighted by Crippen LogP contribution is 2.25. The summed E-state index contributed by atoms with van der Waals surface area (Å²) < 4.78 is 1.07. The van der Waals surface area contributed by atoms with E-state index in [1.807, 2.05) is 24.3 Å². The first-order chi connectivity index (χ1) is 10.2. The van der Waals surface area contributed by atoms with Crippen LogP contribution in [-0.4, -0.2) is 11.0 Å². The average Bonchev–Trinajstić information content (AvgIpc) is 3.10. The Bertz CT molecular complexity index is 730. The molecule has 0 aliphatic heterocycles. The van der Waals surface area contributed by atoms with Crippen molar-refractivity contribution in [3.63, 3.8) is 0 Å². The van der Waals surface area contributed by atoms with Crippen molar-refractivity contribution in [2.45, 2.75) is 19.9 Å². The molecule has 21 heavy (non-hydrogen) atoms. The van der Waals surface area contributed by atoms with Gasteiger partial charge in [0, 0.05) is 9.75 Å². The molecule has 2 aromatic heterocycles. The van der Waals surface area contributed by atoms with Gasteiger partial charge >= 0.3 is 6.03 Å². The van der Waals surface area contributed by atoms with Crippen molar-refractivity contribution in [1.82, 2.24) is 10.3 Å². The molecule has 0 aliphatic carbocycles. The zero-order valence-electron chi connectivity index (χ0n) is 11.6. The third-order valence-corrected chi connectivity index (χ3v) is 5.18. The van der Waals surface area contributed by atoms with Gasteiger partial charge in [-0.25, -0.2) is 9.78 Å². The molecule has 2 heterocycles. The molecule has 0 saturated carbocycles. The predicted molar refractivity (Wildman–Crippen MR) is 89.2 cm³/mol. The van der Waals surface area contributed by atoms with Crippen molar-refractivity contribution in [2.24, 2.45) is 0 Å². The fourth-order valence-electron chi connectivity index (χ4n) is 1.94. The number of anilines is 1. The zero-order valence-corrected chi connectivity index (χ0v) is 13.2. The van der Waals surface area contributed by atoms with Gasteiger partial charge in [0.2, 0.25) is 0 Å². The first kappa shape index (κ1) is 14.0. The number of carbonyl (C=O) groups excluding carboxylic acids is 1. The van der Waals surface area contributed by atoms with Gasteiger partial charge in [-0.05, 0) is 30.7 Å². The van der Waals surface area contributed by atoms with E-state index in [2.05, 4.69) is 34.7 Å². The Morgan fingerprint density at radius 2 is 1.95 bits per heavy atom. The molecule has 0 saturated heterocycles. The molecule has 0 aliphatic rings. The van der Waals surface area contributed by atoms with E-state index in [9.17, 15) is 4.79 Å². The van der Waals surface area contributed by atoms with Gasteiger partial charge in [-0.2, -0.15) is 0 Å². The van der Waals surface area contributed by atoms with Crippen molar-refractivity contribution < 1.29 is 4.79 Å². The molecule has 1 aromatic carbocycles. The number of nitrogens with zero attached hydrogens (tertiary/aromatic N) is 1. The number of fused-ring (bicyclic) bond motifs is 1. The Hall–Kier alpha value is -1.92. The fraction of sp³-hybridized carbons (Fsp3) is 0.200. The Morgan fingerprint density at radius 3 is 2.71 bits per heavy atom. The summed E-state index contributed by atoms with van der Waals surface area (Å²) in [6.45, 7) is 2.67. The van der Waals surface area contributed by atoms with Crippen LogP contribution in [0.3, 0.4) is 0 Å². The maximum Gasteiger partial charge on any atom is 0.321 e. The summed E-state index contributed by atoms with van der Waals surface area (Å²) in [5, 5.41) is 6.26. The molecular weight excluding hydrogens is 302 g/mol. The number of nitrogens with one attached hydrogen (secondary N) is 2. The number of rotatable bonds is 4. The number of hydrogen-bond donors (Lipinski definition) is 2. The number of urea groups is 1. The van der Waals surface area contributed by atoms with Crippen LogP contribution in [0.15, 0.2) is 36.4 Å². The van der Waals surface area contributed by atoms with E-state index in [0.717, 1.165) is 21.5 Å². The van der Waals surface area contributed by atoms with E-state index in [1.54, 1.807) is 11.3 Å². The minimum atomic E-state index is -0.222. The normalized spacial score (nSPS) is 10.7. The van der Waals surface area contributed by atoms with E-state index in [1.165, 1.54) is 16.2 Å². The van der Waals surface area contributed by atoms with Crippen molar-refractivity contribution >= 4 is 44.1 Å². The third kappa shape index (κ3) is 3.40. The number of aromatic nitrogens is 1. The molecular formula is C15H15N3OS2. The quantitative estimate of drug-likeness (QED) is 0.756. The van der Waals surface area contributed by atoms with Crippen LogP contribution in [0.4, 0.5) is 9.93 Å². The van der Waals surface area contributed by atoms with E-state index < -0.39 is 0 Å². The highest BCUT2D eigenvalue weighted by atomic mass is 32.1. The van der Waals surface area contributed by atoms with Gasteiger partial charge in [-0.3, -0.25) is 5.32 Å². The second-order valence-corrected chi connectivity index (χ2v) is 6.80.